The van der Waals surface area contributed by atoms with E-state index < -0.39 is 0 Å². The fourth-order valence-electron chi connectivity index (χ4n) is 1.63. The third-order valence-electron chi connectivity index (χ3n) is 2.79. The number of thiazole rings is 1. The molecule has 0 radical (unpaired) electrons. The van der Waals surface area contributed by atoms with Gasteiger partial charge in [-0.15, -0.1) is 11.3 Å². The second kappa shape index (κ2) is 5.46. The van der Waals surface area contributed by atoms with Gasteiger partial charge in [0.05, 0.1) is 12.7 Å². The molecular formula is C13H15FN2OS. The number of rotatable bonds is 4. The SMILES string of the molecule is CNC(C)c1cnc(-c2c(F)cccc2OC)s1. The van der Waals surface area contributed by atoms with Gasteiger partial charge in [0.25, 0.3) is 0 Å². The van der Waals surface area contributed by atoms with Crippen molar-refractivity contribution in [3.8, 4) is 16.3 Å². The Bertz CT molecular complexity index is 542. The van der Waals surface area contributed by atoms with Gasteiger partial charge in [-0.05, 0) is 26.1 Å². The van der Waals surface area contributed by atoms with Gasteiger partial charge in [-0.3, -0.25) is 0 Å². The monoisotopic (exact) mass is 266 g/mol. The summed E-state index contributed by atoms with van der Waals surface area (Å²) in [6, 6.07) is 4.98. The van der Waals surface area contributed by atoms with E-state index in [1.807, 2.05) is 14.0 Å². The highest BCUT2D eigenvalue weighted by Gasteiger charge is 2.16. The summed E-state index contributed by atoms with van der Waals surface area (Å²) in [4.78, 5) is 5.35. The molecule has 0 aliphatic heterocycles. The summed E-state index contributed by atoms with van der Waals surface area (Å²) in [5.41, 5.74) is 0.430. The first-order valence-corrected chi connectivity index (χ1v) is 6.45. The molecule has 2 rings (SSSR count). The molecule has 0 bridgehead atoms. The number of nitrogens with zero attached hydrogens (tertiary/aromatic N) is 1. The normalized spacial score (nSPS) is 12.4. The van der Waals surface area contributed by atoms with Crippen LogP contribution in [0.25, 0.3) is 10.6 Å². The highest BCUT2D eigenvalue weighted by molar-refractivity contribution is 7.15. The molecule has 1 aromatic heterocycles. The van der Waals surface area contributed by atoms with Gasteiger partial charge in [-0.1, -0.05) is 6.07 Å². The number of hydrogen-bond donors (Lipinski definition) is 1. The molecule has 0 saturated carbocycles. The minimum atomic E-state index is -0.313. The van der Waals surface area contributed by atoms with Crippen molar-refractivity contribution in [2.24, 2.45) is 0 Å². The van der Waals surface area contributed by atoms with Gasteiger partial charge in [-0.2, -0.15) is 0 Å². The first kappa shape index (κ1) is 13.0. The fraction of sp³-hybridized carbons (Fsp3) is 0.308. The second-order valence-electron chi connectivity index (χ2n) is 3.90. The van der Waals surface area contributed by atoms with Gasteiger partial charge >= 0.3 is 0 Å². The van der Waals surface area contributed by atoms with E-state index in [1.54, 1.807) is 18.3 Å². The predicted molar refractivity (Wildman–Crippen MR) is 71.5 cm³/mol. The minimum absolute atomic E-state index is 0.203. The van der Waals surface area contributed by atoms with Crippen LogP contribution in [0.15, 0.2) is 24.4 Å². The highest BCUT2D eigenvalue weighted by Crippen LogP contribution is 2.36. The quantitative estimate of drug-likeness (QED) is 0.922. The highest BCUT2D eigenvalue weighted by atomic mass is 32.1. The van der Waals surface area contributed by atoms with Crippen LogP contribution in [0.4, 0.5) is 4.39 Å². The zero-order valence-corrected chi connectivity index (χ0v) is 11.3. The third-order valence-corrected chi connectivity index (χ3v) is 3.99. The first-order chi connectivity index (χ1) is 8.67. The van der Waals surface area contributed by atoms with Crippen LogP contribution in [0.3, 0.4) is 0 Å². The van der Waals surface area contributed by atoms with Gasteiger partial charge in [0.15, 0.2) is 0 Å². The molecule has 0 aliphatic rings. The molecule has 96 valence electrons. The van der Waals surface area contributed by atoms with E-state index in [9.17, 15) is 4.39 Å². The Morgan fingerprint density at radius 1 is 1.44 bits per heavy atom. The van der Waals surface area contributed by atoms with Crippen molar-refractivity contribution in [1.82, 2.24) is 10.3 Å². The molecule has 18 heavy (non-hydrogen) atoms. The smallest absolute Gasteiger partial charge is 0.137 e. The van der Waals surface area contributed by atoms with Gasteiger partial charge in [0.2, 0.25) is 0 Å². The average Bonchev–Trinajstić information content (AvgIpc) is 2.86. The first-order valence-electron chi connectivity index (χ1n) is 5.63. The van der Waals surface area contributed by atoms with E-state index >= 15 is 0 Å². The largest absolute Gasteiger partial charge is 0.496 e. The van der Waals surface area contributed by atoms with Crippen LogP contribution < -0.4 is 10.1 Å². The van der Waals surface area contributed by atoms with Crippen LogP contribution in [0.1, 0.15) is 17.8 Å². The molecule has 0 aliphatic carbocycles. The minimum Gasteiger partial charge on any atom is -0.496 e. The van der Waals surface area contributed by atoms with E-state index in [-0.39, 0.29) is 11.9 Å². The zero-order valence-electron chi connectivity index (χ0n) is 10.5. The zero-order chi connectivity index (χ0) is 13.1. The maximum absolute atomic E-state index is 13.9. The van der Waals surface area contributed by atoms with Crippen LogP contribution in [0.2, 0.25) is 0 Å². The molecule has 0 spiro atoms. The Hall–Kier alpha value is -1.46. The lowest BCUT2D eigenvalue weighted by Crippen LogP contribution is -2.10. The number of hydrogen-bond acceptors (Lipinski definition) is 4. The lowest BCUT2D eigenvalue weighted by Gasteiger charge is -2.07. The predicted octanol–water partition coefficient (Wildman–Crippen LogP) is 3.24. The molecule has 2 aromatic rings. The van der Waals surface area contributed by atoms with Crippen LogP contribution in [0.5, 0.6) is 5.75 Å². The Kier molecular flexibility index (Phi) is 3.93. The standard InChI is InChI=1S/C13H15FN2OS/c1-8(15-2)11-7-16-13(18-11)12-9(14)5-4-6-10(12)17-3/h4-8,15H,1-3H3. The second-order valence-corrected chi connectivity index (χ2v) is 4.96. The van der Waals surface area contributed by atoms with Crippen LogP contribution in [-0.2, 0) is 0 Å². The van der Waals surface area contributed by atoms with Crippen LogP contribution >= 0.6 is 11.3 Å². The molecule has 3 nitrogen and oxygen atoms in total. The van der Waals surface area contributed by atoms with Crippen molar-refractivity contribution in [2.75, 3.05) is 14.2 Å². The lowest BCUT2D eigenvalue weighted by atomic mass is 10.2. The molecule has 0 amide bonds. The summed E-state index contributed by atoms with van der Waals surface area (Å²) in [5, 5.41) is 3.78. The number of nitrogens with one attached hydrogen (secondary N) is 1. The van der Waals surface area contributed by atoms with Gasteiger partial charge in [0, 0.05) is 17.1 Å². The van der Waals surface area contributed by atoms with Crippen LogP contribution in [-0.4, -0.2) is 19.1 Å². The van der Waals surface area contributed by atoms with Crippen molar-refractivity contribution < 1.29 is 9.13 Å². The van der Waals surface area contributed by atoms with Crippen molar-refractivity contribution in [3.05, 3.63) is 35.1 Å². The molecule has 1 unspecified atom stereocenters. The summed E-state index contributed by atoms with van der Waals surface area (Å²) < 4.78 is 19.1. The Morgan fingerprint density at radius 3 is 2.89 bits per heavy atom. The van der Waals surface area contributed by atoms with Crippen LogP contribution in [0, 0.1) is 5.82 Å². The molecular weight excluding hydrogens is 251 g/mol. The maximum atomic E-state index is 13.9. The summed E-state index contributed by atoms with van der Waals surface area (Å²) >= 11 is 1.47. The molecule has 1 atom stereocenters. The molecule has 5 heteroatoms. The lowest BCUT2D eigenvalue weighted by molar-refractivity contribution is 0.413. The van der Waals surface area contributed by atoms with E-state index in [0.717, 1.165) is 4.88 Å². The van der Waals surface area contributed by atoms with Crippen molar-refractivity contribution >= 4 is 11.3 Å². The fourth-order valence-corrected chi connectivity index (χ4v) is 2.66. The summed E-state index contributed by atoms with van der Waals surface area (Å²) in [5.74, 6) is 0.195. The number of aromatic nitrogens is 1. The molecule has 1 aromatic carbocycles. The van der Waals surface area contributed by atoms with E-state index in [0.29, 0.717) is 16.3 Å². The van der Waals surface area contributed by atoms with Gasteiger partial charge < -0.3 is 10.1 Å². The van der Waals surface area contributed by atoms with Crippen molar-refractivity contribution in [3.63, 3.8) is 0 Å². The topological polar surface area (TPSA) is 34.2 Å². The van der Waals surface area contributed by atoms with Crippen molar-refractivity contribution in [2.45, 2.75) is 13.0 Å². The summed E-state index contributed by atoms with van der Waals surface area (Å²) in [7, 11) is 3.41. The average molecular weight is 266 g/mol. The molecule has 1 heterocycles. The Labute approximate surface area is 110 Å². The Morgan fingerprint density at radius 2 is 2.22 bits per heavy atom. The van der Waals surface area contributed by atoms with E-state index in [4.69, 9.17) is 4.74 Å². The van der Waals surface area contributed by atoms with E-state index in [1.165, 1.54) is 24.5 Å². The van der Waals surface area contributed by atoms with Gasteiger partial charge in [-0.25, -0.2) is 9.37 Å². The van der Waals surface area contributed by atoms with Gasteiger partial charge in [0.1, 0.15) is 16.6 Å². The number of halogens is 1. The third kappa shape index (κ3) is 2.37. The summed E-state index contributed by atoms with van der Waals surface area (Å²) in [6.07, 6.45) is 1.77. The number of benzene rings is 1. The number of methoxy groups -OCH3 is 1. The van der Waals surface area contributed by atoms with Crippen molar-refractivity contribution in [1.29, 1.82) is 0 Å². The number of ether oxygens (including phenoxy) is 1. The summed E-state index contributed by atoms with van der Waals surface area (Å²) in [6.45, 7) is 2.04. The van der Waals surface area contributed by atoms with E-state index in [2.05, 4.69) is 10.3 Å². The molecule has 0 fully saturated rings. The molecule has 0 saturated heterocycles. The Balaban J connectivity index is 2.46. The maximum Gasteiger partial charge on any atom is 0.137 e. The molecule has 1 N–H and O–H groups in total.